The second-order valence-corrected chi connectivity index (χ2v) is 10.8. The molecule has 0 unspecified atom stereocenters. The fourth-order valence-electron chi connectivity index (χ4n) is 5.58. The van der Waals surface area contributed by atoms with E-state index in [1.54, 1.807) is 6.08 Å². The monoisotopic (exact) mass is 506 g/mol. The average molecular weight is 507 g/mol. The van der Waals surface area contributed by atoms with Gasteiger partial charge in [0.25, 0.3) is 0 Å². The molecule has 200 valence electrons. The van der Waals surface area contributed by atoms with Crippen LogP contribution < -0.4 is 16.0 Å². The molecule has 1 atom stereocenters. The molecule has 1 aromatic rings. The molecule has 1 saturated carbocycles. The fraction of sp³-hybridized carbons (Fsp3) is 0.586. The van der Waals surface area contributed by atoms with Gasteiger partial charge in [0.2, 0.25) is 5.91 Å². The first kappa shape index (κ1) is 27.0. The number of unbranched alkanes of at least 4 members (excludes halogenated alkanes) is 2. The number of carbonyl (C=O) groups excluding carboxylic acids is 2. The van der Waals surface area contributed by atoms with Gasteiger partial charge in [-0.1, -0.05) is 25.8 Å². The van der Waals surface area contributed by atoms with Crippen molar-refractivity contribution in [1.82, 2.24) is 25.9 Å². The van der Waals surface area contributed by atoms with Crippen molar-refractivity contribution in [3.8, 4) is 0 Å². The van der Waals surface area contributed by atoms with Crippen LogP contribution in [-0.4, -0.2) is 47.5 Å². The Balaban J connectivity index is 1.42. The molecule has 1 saturated heterocycles. The maximum atomic E-state index is 13.3. The molecule has 8 heteroatoms. The lowest BCUT2D eigenvalue weighted by molar-refractivity contribution is -0.128. The molecule has 1 aliphatic heterocycles. The number of nitrogens with zero attached hydrogens (tertiary/aromatic N) is 1. The Morgan fingerprint density at radius 1 is 1.22 bits per heavy atom. The number of ketones is 1. The molecule has 1 amide bonds. The average Bonchev–Trinajstić information content (AvgIpc) is 3.38. The number of aromatic amines is 1. The number of imidazole rings is 1. The van der Waals surface area contributed by atoms with E-state index in [1.807, 2.05) is 38.5 Å². The normalized spacial score (nSPS) is 21.0. The highest BCUT2D eigenvalue weighted by Crippen LogP contribution is 2.42. The third-order valence-electron chi connectivity index (χ3n) is 8.16. The van der Waals surface area contributed by atoms with Gasteiger partial charge < -0.3 is 26.3 Å². The second-order valence-electron chi connectivity index (χ2n) is 10.8. The number of hydrogen-bond acceptors (Lipinski definition) is 6. The van der Waals surface area contributed by atoms with Gasteiger partial charge in [0, 0.05) is 56.2 Å². The molecule has 0 aromatic carbocycles. The Morgan fingerprint density at radius 3 is 2.68 bits per heavy atom. The zero-order valence-corrected chi connectivity index (χ0v) is 22.3. The topological polar surface area (TPSA) is 123 Å². The highest BCUT2D eigenvalue weighted by atomic mass is 16.2. The maximum absolute atomic E-state index is 13.3. The van der Waals surface area contributed by atoms with Crippen LogP contribution in [0.5, 0.6) is 0 Å². The predicted molar refractivity (Wildman–Crippen MR) is 147 cm³/mol. The number of aromatic nitrogens is 2. The minimum Gasteiger partial charge on any atom is -0.393 e. The summed E-state index contributed by atoms with van der Waals surface area (Å²) in [5, 5.41) is 17.8. The molecule has 0 bridgehead atoms. The summed E-state index contributed by atoms with van der Waals surface area (Å²) < 4.78 is 0. The van der Waals surface area contributed by atoms with Crippen LogP contribution in [0.25, 0.3) is 5.57 Å². The number of nitrogens with one attached hydrogen (secondary N) is 5. The van der Waals surface area contributed by atoms with Crippen molar-refractivity contribution in [2.45, 2.75) is 77.2 Å². The summed E-state index contributed by atoms with van der Waals surface area (Å²) in [4.78, 5) is 33.1. The van der Waals surface area contributed by atoms with E-state index >= 15 is 0 Å². The molecule has 2 heterocycles. The molecular weight excluding hydrogens is 464 g/mol. The maximum Gasteiger partial charge on any atom is 0.223 e. The van der Waals surface area contributed by atoms with Crippen molar-refractivity contribution in [1.29, 1.82) is 5.41 Å². The smallest absolute Gasteiger partial charge is 0.223 e. The van der Waals surface area contributed by atoms with E-state index in [0.29, 0.717) is 29.8 Å². The van der Waals surface area contributed by atoms with Crippen molar-refractivity contribution >= 4 is 23.0 Å². The van der Waals surface area contributed by atoms with Gasteiger partial charge in [0.15, 0.2) is 0 Å². The summed E-state index contributed by atoms with van der Waals surface area (Å²) in [5.41, 5.74) is 3.51. The minimum absolute atomic E-state index is 0.0644. The SMILES string of the molecule is CCC(=O)CCCCC[C@H](NC(=O)C1CCC2(CC1)CNC2)c1ncc(C2=C/C(=C/NC)C(=N)C=C2)[nH]1. The van der Waals surface area contributed by atoms with Crippen molar-refractivity contribution in [3.05, 3.63) is 47.7 Å². The standard InChI is InChI=1S/C29H42N6O2/c1-3-23(36)7-5-4-6-8-25(35-28(37)20-11-13-29(14-12-20)18-32-19-29)27-33-17-26(34-27)21-9-10-24(30)22(15-21)16-31-2/h9-10,15-17,20,25,30-32H,3-8,11-14,18-19H2,1-2H3,(H,33,34)(H,35,37)/b22-16-,30-24?/t25-/m0/s1. The van der Waals surface area contributed by atoms with Gasteiger partial charge in [-0.25, -0.2) is 4.98 Å². The molecule has 0 radical (unpaired) electrons. The van der Waals surface area contributed by atoms with Gasteiger partial charge in [-0.2, -0.15) is 0 Å². The van der Waals surface area contributed by atoms with Gasteiger partial charge in [0.05, 0.1) is 23.6 Å². The minimum atomic E-state index is -0.192. The first-order chi connectivity index (χ1) is 17.9. The molecule has 2 fully saturated rings. The Hall–Kier alpha value is -3.00. The van der Waals surface area contributed by atoms with Gasteiger partial charge in [0.1, 0.15) is 11.6 Å². The number of rotatable bonds is 12. The van der Waals surface area contributed by atoms with E-state index in [9.17, 15) is 9.59 Å². The highest BCUT2D eigenvalue weighted by Gasteiger charge is 2.41. The number of H-pyrrole nitrogens is 1. The van der Waals surface area contributed by atoms with Crippen molar-refractivity contribution in [3.63, 3.8) is 0 Å². The van der Waals surface area contributed by atoms with Crippen molar-refractivity contribution in [2.75, 3.05) is 20.1 Å². The summed E-state index contributed by atoms with van der Waals surface area (Å²) in [6.45, 7) is 4.09. The van der Waals surface area contributed by atoms with Crippen molar-refractivity contribution in [2.24, 2.45) is 11.3 Å². The van der Waals surface area contributed by atoms with Crippen LogP contribution in [-0.2, 0) is 9.59 Å². The first-order valence-corrected chi connectivity index (χ1v) is 13.9. The summed E-state index contributed by atoms with van der Waals surface area (Å²) in [7, 11) is 1.82. The van der Waals surface area contributed by atoms with Gasteiger partial charge >= 0.3 is 0 Å². The van der Waals surface area contributed by atoms with Crippen LogP contribution in [0.15, 0.2) is 36.2 Å². The van der Waals surface area contributed by atoms with Gasteiger partial charge in [-0.15, -0.1) is 0 Å². The number of Topliss-reactive ketones (excluding diaryl/α,β-unsaturated/α-hetero) is 1. The quantitative estimate of drug-likeness (QED) is 0.270. The van der Waals surface area contributed by atoms with E-state index in [2.05, 4.69) is 25.9 Å². The second kappa shape index (κ2) is 12.5. The lowest BCUT2D eigenvalue weighted by Gasteiger charge is -2.47. The van der Waals surface area contributed by atoms with Crippen LogP contribution >= 0.6 is 0 Å². The molecule has 37 heavy (non-hydrogen) atoms. The van der Waals surface area contributed by atoms with Crippen LogP contribution in [0.4, 0.5) is 0 Å². The zero-order valence-electron chi connectivity index (χ0n) is 22.3. The van der Waals surface area contributed by atoms with E-state index in [1.165, 1.54) is 0 Å². The van der Waals surface area contributed by atoms with E-state index in [-0.39, 0.29) is 17.9 Å². The number of amides is 1. The summed E-state index contributed by atoms with van der Waals surface area (Å²) in [6, 6.07) is -0.192. The third-order valence-corrected chi connectivity index (χ3v) is 8.16. The predicted octanol–water partition coefficient (Wildman–Crippen LogP) is 4.35. The molecule has 2 aliphatic carbocycles. The zero-order chi connectivity index (χ0) is 26.3. The molecule has 8 nitrogen and oxygen atoms in total. The Morgan fingerprint density at radius 2 is 2.00 bits per heavy atom. The Labute approximate surface area is 220 Å². The molecule has 1 spiro atoms. The lowest BCUT2D eigenvalue weighted by atomic mass is 9.67. The summed E-state index contributed by atoms with van der Waals surface area (Å²) in [5.74, 6) is 1.27. The van der Waals surface area contributed by atoms with Crippen molar-refractivity contribution < 1.29 is 9.59 Å². The Kier molecular flexibility index (Phi) is 9.14. The third kappa shape index (κ3) is 6.86. The van der Waals surface area contributed by atoms with E-state index < -0.39 is 0 Å². The highest BCUT2D eigenvalue weighted by molar-refractivity contribution is 6.12. The number of allylic oxidation sites excluding steroid dienone is 5. The van der Waals surface area contributed by atoms with Gasteiger partial charge in [-0.3, -0.25) is 9.59 Å². The lowest BCUT2D eigenvalue weighted by Crippen LogP contribution is -2.55. The molecule has 4 rings (SSSR count). The fourth-order valence-corrected chi connectivity index (χ4v) is 5.58. The van der Waals surface area contributed by atoms with Crippen LogP contribution in [0.3, 0.4) is 0 Å². The molecular formula is C29H42N6O2. The number of carbonyl (C=O) groups is 2. The van der Waals surface area contributed by atoms with Crippen LogP contribution in [0.1, 0.15) is 88.7 Å². The molecule has 1 aromatic heterocycles. The molecule has 3 aliphatic rings. The van der Waals surface area contributed by atoms with E-state index in [4.69, 9.17) is 5.41 Å². The number of hydrogen-bond donors (Lipinski definition) is 5. The first-order valence-electron chi connectivity index (χ1n) is 13.9. The van der Waals surface area contributed by atoms with Crippen LogP contribution in [0.2, 0.25) is 0 Å². The summed E-state index contributed by atoms with van der Waals surface area (Å²) >= 11 is 0. The summed E-state index contributed by atoms with van der Waals surface area (Å²) in [6.07, 6.45) is 18.2. The van der Waals surface area contributed by atoms with Crippen LogP contribution in [0, 0.1) is 16.7 Å². The van der Waals surface area contributed by atoms with E-state index in [0.717, 1.165) is 87.1 Å². The Bertz CT molecular complexity index is 1070. The van der Waals surface area contributed by atoms with Gasteiger partial charge in [-0.05, 0) is 56.1 Å². The molecule has 5 N–H and O–H groups in total. The largest absolute Gasteiger partial charge is 0.393 e.